The van der Waals surface area contributed by atoms with Crippen molar-refractivity contribution in [2.45, 2.75) is 24.7 Å². The van der Waals surface area contributed by atoms with Crippen molar-refractivity contribution < 1.29 is 13.2 Å². The number of amides is 1. The molecule has 1 N–H and O–H groups in total. The van der Waals surface area contributed by atoms with Crippen molar-refractivity contribution in [3.8, 4) is 0 Å². The molecule has 0 fully saturated rings. The number of rotatable bonds is 5. The molecule has 0 aliphatic carbocycles. The standard InChI is InChI=1S/C18H20N2O3S/c1-2-12-19-18(21)15-7-9-16(10-8-15)24(22,23)20-13-11-14-5-3-4-6-17(14)20/h3-10H,2,11-13H2,1H3,(H,19,21). The zero-order valence-corrected chi connectivity index (χ0v) is 14.3. The SMILES string of the molecule is CCCNC(=O)c1ccc(S(=O)(=O)N2CCc3ccccc32)cc1. The molecule has 0 saturated heterocycles. The summed E-state index contributed by atoms with van der Waals surface area (Å²) in [5.41, 5.74) is 2.24. The van der Waals surface area contributed by atoms with Gasteiger partial charge in [0.15, 0.2) is 0 Å². The van der Waals surface area contributed by atoms with Crippen molar-refractivity contribution in [1.29, 1.82) is 0 Å². The first-order valence-electron chi connectivity index (χ1n) is 8.03. The second-order valence-corrected chi connectivity index (χ2v) is 7.60. The van der Waals surface area contributed by atoms with E-state index in [0.29, 0.717) is 25.1 Å². The van der Waals surface area contributed by atoms with Crippen LogP contribution in [0.1, 0.15) is 29.3 Å². The minimum atomic E-state index is -3.61. The summed E-state index contributed by atoms with van der Waals surface area (Å²) in [7, 11) is -3.61. The second-order valence-electron chi connectivity index (χ2n) is 5.74. The van der Waals surface area contributed by atoms with Gasteiger partial charge in [-0.05, 0) is 48.7 Å². The number of carbonyl (C=O) groups is 1. The molecule has 2 aromatic rings. The van der Waals surface area contributed by atoms with Crippen LogP contribution in [0.2, 0.25) is 0 Å². The van der Waals surface area contributed by atoms with Gasteiger partial charge in [-0.1, -0.05) is 25.1 Å². The first-order chi connectivity index (χ1) is 11.5. The maximum Gasteiger partial charge on any atom is 0.264 e. The van der Waals surface area contributed by atoms with Crippen molar-refractivity contribution in [1.82, 2.24) is 5.32 Å². The van der Waals surface area contributed by atoms with E-state index in [1.54, 1.807) is 12.1 Å². The Morgan fingerprint density at radius 2 is 1.83 bits per heavy atom. The summed E-state index contributed by atoms with van der Waals surface area (Å²) in [5, 5.41) is 2.78. The summed E-state index contributed by atoms with van der Waals surface area (Å²) in [6.07, 6.45) is 1.57. The molecule has 1 aliphatic rings. The van der Waals surface area contributed by atoms with E-state index < -0.39 is 10.0 Å². The molecule has 2 aromatic carbocycles. The number of sulfonamides is 1. The van der Waals surface area contributed by atoms with Gasteiger partial charge in [0.05, 0.1) is 10.6 Å². The third kappa shape index (κ3) is 3.01. The van der Waals surface area contributed by atoms with Crippen LogP contribution < -0.4 is 9.62 Å². The fourth-order valence-corrected chi connectivity index (χ4v) is 4.31. The second kappa shape index (κ2) is 6.65. The van der Waals surface area contributed by atoms with Gasteiger partial charge in [-0.25, -0.2) is 8.42 Å². The summed E-state index contributed by atoms with van der Waals surface area (Å²) in [5.74, 6) is -0.188. The number of nitrogens with one attached hydrogen (secondary N) is 1. The van der Waals surface area contributed by atoms with E-state index in [1.165, 1.54) is 16.4 Å². The van der Waals surface area contributed by atoms with Gasteiger partial charge >= 0.3 is 0 Å². The van der Waals surface area contributed by atoms with E-state index in [0.717, 1.165) is 17.7 Å². The van der Waals surface area contributed by atoms with Crippen LogP contribution in [-0.4, -0.2) is 27.4 Å². The van der Waals surface area contributed by atoms with Gasteiger partial charge in [0.25, 0.3) is 15.9 Å². The van der Waals surface area contributed by atoms with E-state index in [-0.39, 0.29) is 10.8 Å². The maximum absolute atomic E-state index is 12.9. The average molecular weight is 344 g/mol. The van der Waals surface area contributed by atoms with Crippen molar-refractivity contribution in [2.24, 2.45) is 0 Å². The van der Waals surface area contributed by atoms with Crippen LogP contribution in [0.25, 0.3) is 0 Å². The third-order valence-electron chi connectivity index (χ3n) is 4.08. The van der Waals surface area contributed by atoms with E-state index >= 15 is 0 Å². The fraction of sp³-hybridized carbons (Fsp3) is 0.278. The first-order valence-corrected chi connectivity index (χ1v) is 9.47. The number of fused-ring (bicyclic) bond motifs is 1. The molecule has 0 radical (unpaired) electrons. The van der Waals surface area contributed by atoms with Crippen LogP contribution in [0, 0.1) is 0 Å². The lowest BCUT2D eigenvalue weighted by molar-refractivity contribution is 0.0953. The number of hydrogen-bond donors (Lipinski definition) is 1. The van der Waals surface area contributed by atoms with Gasteiger partial charge in [-0.2, -0.15) is 0 Å². The van der Waals surface area contributed by atoms with Crippen molar-refractivity contribution >= 4 is 21.6 Å². The Morgan fingerprint density at radius 3 is 2.54 bits per heavy atom. The van der Waals surface area contributed by atoms with Crippen molar-refractivity contribution in [3.63, 3.8) is 0 Å². The minimum absolute atomic E-state index is 0.188. The van der Waals surface area contributed by atoms with Crippen LogP contribution in [0.5, 0.6) is 0 Å². The third-order valence-corrected chi connectivity index (χ3v) is 5.91. The molecule has 0 unspecified atom stereocenters. The summed E-state index contributed by atoms with van der Waals surface area (Å²) < 4.78 is 27.2. The molecular formula is C18H20N2O3S. The summed E-state index contributed by atoms with van der Waals surface area (Å²) >= 11 is 0. The zero-order chi connectivity index (χ0) is 17.2. The normalized spacial score (nSPS) is 13.6. The number of para-hydroxylation sites is 1. The molecule has 0 aromatic heterocycles. The molecular weight excluding hydrogens is 324 g/mol. The number of benzene rings is 2. The first kappa shape index (κ1) is 16.5. The summed E-state index contributed by atoms with van der Waals surface area (Å²) in [6.45, 7) is 3.02. The molecule has 6 heteroatoms. The van der Waals surface area contributed by atoms with E-state index in [1.807, 2.05) is 31.2 Å². The molecule has 126 valence electrons. The van der Waals surface area contributed by atoms with Gasteiger partial charge in [-0.3, -0.25) is 9.10 Å². The average Bonchev–Trinajstić information content (AvgIpc) is 3.04. The molecule has 24 heavy (non-hydrogen) atoms. The Hall–Kier alpha value is -2.34. The molecule has 1 heterocycles. The highest BCUT2D eigenvalue weighted by molar-refractivity contribution is 7.92. The fourth-order valence-electron chi connectivity index (χ4n) is 2.80. The van der Waals surface area contributed by atoms with E-state index in [2.05, 4.69) is 5.32 Å². The number of anilines is 1. The summed E-state index contributed by atoms with van der Waals surface area (Å²) in [6, 6.07) is 13.6. The number of hydrogen-bond acceptors (Lipinski definition) is 3. The largest absolute Gasteiger partial charge is 0.352 e. The van der Waals surface area contributed by atoms with Gasteiger partial charge in [0, 0.05) is 18.7 Å². The predicted octanol–water partition coefficient (Wildman–Crippen LogP) is 2.58. The lowest BCUT2D eigenvalue weighted by Crippen LogP contribution is -2.29. The van der Waals surface area contributed by atoms with Gasteiger partial charge in [0.1, 0.15) is 0 Å². The van der Waals surface area contributed by atoms with Crippen LogP contribution in [0.15, 0.2) is 53.4 Å². The molecule has 1 amide bonds. The van der Waals surface area contributed by atoms with Gasteiger partial charge < -0.3 is 5.32 Å². The molecule has 0 spiro atoms. The van der Waals surface area contributed by atoms with Crippen LogP contribution >= 0.6 is 0 Å². The molecule has 0 saturated carbocycles. The van der Waals surface area contributed by atoms with E-state index in [4.69, 9.17) is 0 Å². The highest BCUT2D eigenvalue weighted by Crippen LogP contribution is 2.32. The minimum Gasteiger partial charge on any atom is -0.352 e. The number of carbonyl (C=O) groups excluding carboxylic acids is 1. The zero-order valence-electron chi connectivity index (χ0n) is 13.5. The highest BCUT2D eigenvalue weighted by Gasteiger charge is 2.30. The molecule has 1 aliphatic heterocycles. The lowest BCUT2D eigenvalue weighted by Gasteiger charge is -2.19. The Labute approximate surface area is 142 Å². The Bertz CT molecular complexity index is 845. The van der Waals surface area contributed by atoms with E-state index in [9.17, 15) is 13.2 Å². The number of nitrogens with zero attached hydrogens (tertiary/aromatic N) is 1. The van der Waals surface area contributed by atoms with Crippen LogP contribution in [-0.2, 0) is 16.4 Å². The quantitative estimate of drug-likeness (QED) is 0.906. The van der Waals surface area contributed by atoms with Gasteiger partial charge in [-0.15, -0.1) is 0 Å². The predicted molar refractivity (Wildman–Crippen MR) is 93.7 cm³/mol. The van der Waals surface area contributed by atoms with Gasteiger partial charge in [0.2, 0.25) is 0 Å². The maximum atomic E-state index is 12.9. The molecule has 5 nitrogen and oxygen atoms in total. The van der Waals surface area contributed by atoms with Crippen LogP contribution in [0.4, 0.5) is 5.69 Å². The Balaban J connectivity index is 1.85. The monoisotopic (exact) mass is 344 g/mol. The van der Waals surface area contributed by atoms with Crippen molar-refractivity contribution in [2.75, 3.05) is 17.4 Å². The molecule has 3 rings (SSSR count). The van der Waals surface area contributed by atoms with Crippen molar-refractivity contribution in [3.05, 3.63) is 59.7 Å². The summed E-state index contributed by atoms with van der Waals surface area (Å²) in [4.78, 5) is 12.1. The molecule has 0 bridgehead atoms. The Morgan fingerprint density at radius 1 is 1.12 bits per heavy atom. The highest BCUT2D eigenvalue weighted by atomic mass is 32.2. The topological polar surface area (TPSA) is 66.5 Å². The smallest absolute Gasteiger partial charge is 0.264 e. The lowest BCUT2D eigenvalue weighted by atomic mass is 10.2. The van der Waals surface area contributed by atoms with Crippen LogP contribution in [0.3, 0.4) is 0 Å². The molecule has 0 atom stereocenters. The Kier molecular flexibility index (Phi) is 4.57.